The average molecular weight is 373 g/mol. The van der Waals surface area contributed by atoms with Gasteiger partial charge in [0.25, 0.3) is 0 Å². The van der Waals surface area contributed by atoms with E-state index in [-0.39, 0.29) is 12.5 Å². The quantitative estimate of drug-likeness (QED) is 0.561. The minimum atomic E-state index is -0.247. The van der Waals surface area contributed by atoms with Gasteiger partial charge < -0.3 is 5.32 Å². The summed E-state index contributed by atoms with van der Waals surface area (Å²) in [6, 6.07) is 19.5. The fourth-order valence-electron chi connectivity index (χ4n) is 2.87. The second-order valence-electron chi connectivity index (χ2n) is 6.42. The second-order valence-corrected chi connectivity index (χ2v) is 6.42. The molecular weight excluding hydrogens is 354 g/mol. The molecule has 8 nitrogen and oxygen atoms in total. The molecule has 0 fully saturated rings. The Morgan fingerprint density at radius 3 is 2.75 bits per heavy atom. The van der Waals surface area contributed by atoms with Crippen LogP contribution in [0, 0.1) is 6.92 Å². The van der Waals surface area contributed by atoms with E-state index in [1.807, 2.05) is 55.5 Å². The first kappa shape index (κ1) is 17.6. The molecule has 0 atom stereocenters. The maximum absolute atomic E-state index is 12.4. The van der Waals surface area contributed by atoms with Crippen LogP contribution in [0.25, 0.3) is 11.4 Å². The molecule has 0 radical (unpaired) electrons. The van der Waals surface area contributed by atoms with E-state index in [0.29, 0.717) is 18.2 Å². The summed E-state index contributed by atoms with van der Waals surface area (Å²) in [5, 5.41) is 19.4. The first-order valence-electron chi connectivity index (χ1n) is 8.88. The van der Waals surface area contributed by atoms with Crippen LogP contribution in [-0.2, 0) is 17.9 Å². The van der Waals surface area contributed by atoms with Crippen LogP contribution in [0.5, 0.6) is 0 Å². The van der Waals surface area contributed by atoms with Gasteiger partial charge in [0, 0.05) is 11.6 Å². The van der Waals surface area contributed by atoms with E-state index in [9.17, 15) is 4.79 Å². The van der Waals surface area contributed by atoms with Gasteiger partial charge in [0.2, 0.25) is 11.7 Å². The summed E-state index contributed by atoms with van der Waals surface area (Å²) in [6.07, 6.45) is 1.66. The fraction of sp³-hybridized carbons (Fsp3) is 0.150. The van der Waals surface area contributed by atoms with Crippen molar-refractivity contribution in [2.75, 3.05) is 5.32 Å². The highest BCUT2D eigenvalue weighted by molar-refractivity contribution is 5.89. The zero-order valence-corrected chi connectivity index (χ0v) is 15.4. The summed E-state index contributed by atoms with van der Waals surface area (Å²) in [6.45, 7) is 2.59. The lowest BCUT2D eigenvalue weighted by Gasteiger charge is -2.09. The van der Waals surface area contributed by atoms with Crippen molar-refractivity contribution in [3.05, 3.63) is 78.0 Å². The lowest BCUT2D eigenvalue weighted by Crippen LogP contribution is -2.22. The van der Waals surface area contributed by atoms with Crippen molar-refractivity contribution in [2.45, 2.75) is 20.0 Å². The predicted octanol–water partition coefficient (Wildman–Crippen LogP) is 2.53. The predicted molar refractivity (Wildman–Crippen MR) is 104 cm³/mol. The fourth-order valence-corrected chi connectivity index (χ4v) is 2.87. The maximum atomic E-state index is 12.4. The molecule has 0 aliphatic heterocycles. The molecule has 0 saturated heterocycles. The Hall–Kier alpha value is -3.81. The number of nitrogens with zero attached hydrogens (tertiary/aromatic N) is 6. The molecule has 0 aliphatic rings. The van der Waals surface area contributed by atoms with Crippen LogP contribution >= 0.6 is 0 Å². The SMILES string of the molecule is Cc1cccc(Cn2nccc2NC(=O)Cn2nnc(-c3ccccc3)n2)c1. The molecule has 4 rings (SSSR count). The molecule has 0 bridgehead atoms. The maximum Gasteiger partial charge on any atom is 0.249 e. The Bertz CT molecular complexity index is 1080. The van der Waals surface area contributed by atoms with E-state index in [4.69, 9.17) is 0 Å². The van der Waals surface area contributed by atoms with Crippen molar-refractivity contribution < 1.29 is 4.79 Å². The molecule has 1 N–H and O–H groups in total. The van der Waals surface area contributed by atoms with E-state index in [2.05, 4.69) is 31.9 Å². The van der Waals surface area contributed by atoms with Gasteiger partial charge in [-0.1, -0.05) is 60.2 Å². The molecule has 2 heterocycles. The number of aryl methyl sites for hydroxylation is 1. The molecule has 2 aromatic heterocycles. The van der Waals surface area contributed by atoms with Crippen molar-refractivity contribution in [1.29, 1.82) is 0 Å². The second kappa shape index (κ2) is 7.83. The van der Waals surface area contributed by atoms with E-state index in [1.54, 1.807) is 16.9 Å². The van der Waals surface area contributed by atoms with Crippen molar-refractivity contribution in [3.8, 4) is 11.4 Å². The summed E-state index contributed by atoms with van der Waals surface area (Å²) < 4.78 is 1.75. The zero-order chi connectivity index (χ0) is 19.3. The van der Waals surface area contributed by atoms with Gasteiger partial charge in [-0.05, 0) is 17.7 Å². The molecule has 140 valence electrons. The van der Waals surface area contributed by atoms with Gasteiger partial charge in [-0.25, -0.2) is 4.68 Å². The molecule has 0 unspecified atom stereocenters. The number of nitrogens with one attached hydrogen (secondary N) is 1. The number of anilines is 1. The molecule has 1 amide bonds. The van der Waals surface area contributed by atoms with Gasteiger partial charge in [0.05, 0.1) is 12.7 Å². The third-order valence-corrected chi connectivity index (χ3v) is 4.17. The lowest BCUT2D eigenvalue weighted by molar-refractivity contribution is -0.117. The molecule has 8 heteroatoms. The Balaban J connectivity index is 1.41. The smallest absolute Gasteiger partial charge is 0.249 e. The number of carbonyl (C=O) groups is 1. The first-order chi connectivity index (χ1) is 13.7. The summed E-state index contributed by atoms with van der Waals surface area (Å²) in [5.41, 5.74) is 3.15. The molecule has 0 spiro atoms. The number of hydrogen-bond donors (Lipinski definition) is 1. The third-order valence-electron chi connectivity index (χ3n) is 4.17. The number of benzene rings is 2. The first-order valence-corrected chi connectivity index (χ1v) is 8.88. The van der Waals surface area contributed by atoms with Gasteiger partial charge in [-0.15, -0.1) is 10.2 Å². The molecule has 4 aromatic rings. The van der Waals surface area contributed by atoms with Crippen LogP contribution in [0.2, 0.25) is 0 Å². The van der Waals surface area contributed by atoms with Crippen LogP contribution in [0.15, 0.2) is 66.9 Å². The molecule has 28 heavy (non-hydrogen) atoms. The van der Waals surface area contributed by atoms with Gasteiger partial charge in [0.1, 0.15) is 12.4 Å². The topological polar surface area (TPSA) is 90.5 Å². The Labute approximate surface area is 161 Å². The number of tetrazole rings is 1. The van der Waals surface area contributed by atoms with Crippen LogP contribution in [0.1, 0.15) is 11.1 Å². The number of rotatable bonds is 6. The van der Waals surface area contributed by atoms with Crippen molar-refractivity contribution in [3.63, 3.8) is 0 Å². The largest absolute Gasteiger partial charge is 0.309 e. The molecule has 0 aliphatic carbocycles. The minimum Gasteiger partial charge on any atom is -0.309 e. The average Bonchev–Trinajstić information content (AvgIpc) is 3.32. The van der Waals surface area contributed by atoms with Crippen molar-refractivity contribution >= 4 is 11.7 Å². The number of amides is 1. The number of aromatic nitrogens is 6. The minimum absolute atomic E-state index is 0.0323. The van der Waals surface area contributed by atoms with E-state index in [0.717, 1.165) is 11.1 Å². The highest BCUT2D eigenvalue weighted by atomic mass is 16.2. The zero-order valence-electron chi connectivity index (χ0n) is 15.4. The number of carbonyl (C=O) groups excluding carboxylic acids is 1. The Morgan fingerprint density at radius 1 is 1.07 bits per heavy atom. The third kappa shape index (κ3) is 4.12. The lowest BCUT2D eigenvalue weighted by atomic mass is 10.1. The summed E-state index contributed by atoms with van der Waals surface area (Å²) in [5.74, 6) is 0.857. The van der Waals surface area contributed by atoms with E-state index in [1.165, 1.54) is 10.4 Å². The van der Waals surface area contributed by atoms with Crippen LogP contribution in [0.3, 0.4) is 0 Å². The van der Waals surface area contributed by atoms with Gasteiger partial charge in [-0.3, -0.25) is 4.79 Å². The summed E-state index contributed by atoms with van der Waals surface area (Å²) >= 11 is 0. The summed E-state index contributed by atoms with van der Waals surface area (Å²) in [4.78, 5) is 13.7. The van der Waals surface area contributed by atoms with Crippen LogP contribution in [-0.4, -0.2) is 35.9 Å². The number of hydrogen-bond acceptors (Lipinski definition) is 5. The molecule has 2 aromatic carbocycles. The van der Waals surface area contributed by atoms with Gasteiger partial charge in [0.15, 0.2) is 0 Å². The van der Waals surface area contributed by atoms with Gasteiger partial charge in [-0.2, -0.15) is 9.90 Å². The van der Waals surface area contributed by atoms with Gasteiger partial charge >= 0.3 is 0 Å². The highest BCUT2D eigenvalue weighted by Gasteiger charge is 2.12. The normalized spacial score (nSPS) is 10.8. The molecular formula is C20H19N7O. The highest BCUT2D eigenvalue weighted by Crippen LogP contribution is 2.13. The van der Waals surface area contributed by atoms with Crippen molar-refractivity contribution in [2.24, 2.45) is 0 Å². The Morgan fingerprint density at radius 2 is 1.93 bits per heavy atom. The van der Waals surface area contributed by atoms with Crippen LogP contribution < -0.4 is 5.32 Å². The standard InChI is InChI=1S/C20H19N7O/c1-15-6-5-7-16(12-15)13-26-18(10-11-21-26)22-19(28)14-27-24-20(23-25-27)17-8-3-2-4-9-17/h2-12H,13-14H2,1H3,(H,22,28). The summed E-state index contributed by atoms with van der Waals surface area (Å²) in [7, 11) is 0. The van der Waals surface area contributed by atoms with Crippen LogP contribution in [0.4, 0.5) is 5.82 Å². The van der Waals surface area contributed by atoms with Crippen molar-refractivity contribution in [1.82, 2.24) is 30.0 Å². The Kier molecular flexibility index (Phi) is 4.92. The van der Waals surface area contributed by atoms with E-state index < -0.39 is 0 Å². The van der Waals surface area contributed by atoms with E-state index >= 15 is 0 Å². The molecule has 0 saturated carbocycles. The monoisotopic (exact) mass is 373 g/mol.